The number of carbonyl (C=O) groups excluding carboxylic acids is 1. The molecule has 0 fully saturated rings. The number of nitrogens with zero attached hydrogens (tertiary/aromatic N) is 5. The summed E-state index contributed by atoms with van der Waals surface area (Å²) in [6.07, 6.45) is 1.86. The molecule has 1 N–H and O–H groups in total. The highest BCUT2D eigenvalue weighted by atomic mass is 35.5. The van der Waals surface area contributed by atoms with Gasteiger partial charge in [0.2, 0.25) is 0 Å². The third-order valence-corrected chi connectivity index (χ3v) is 4.39. The summed E-state index contributed by atoms with van der Waals surface area (Å²) in [7, 11) is 0. The first-order valence-corrected chi connectivity index (χ1v) is 8.77. The quantitative estimate of drug-likeness (QED) is 0.671. The highest BCUT2D eigenvalue weighted by Crippen LogP contribution is 2.32. The molecule has 3 rings (SSSR count). The minimum atomic E-state index is -3.63. The average molecular weight is 397 g/mol. The minimum absolute atomic E-state index is 0.0253. The lowest BCUT2D eigenvalue weighted by Crippen LogP contribution is -2.27. The van der Waals surface area contributed by atoms with Crippen LogP contribution in [0.1, 0.15) is 53.0 Å². The maximum Gasteiger partial charge on any atom is 0.364 e. The molecule has 3 aromatic rings. The Kier molecular flexibility index (Phi) is 4.90. The SMILES string of the molecule is CCn1cc(C(C)NC(=O)c2cc3nc(C)cc(C(F)(F)Cl)n3n2)c(C)n1. The van der Waals surface area contributed by atoms with E-state index in [-0.39, 0.29) is 17.4 Å². The number of alkyl halides is 3. The second kappa shape index (κ2) is 6.88. The lowest BCUT2D eigenvalue weighted by molar-refractivity contribution is 0.0863. The first kappa shape index (κ1) is 19.2. The molecule has 0 saturated carbocycles. The number of amides is 1. The van der Waals surface area contributed by atoms with Crippen LogP contribution >= 0.6 is 11.6 Å². The lowest BCUT2D eigenvalue weighted by Gasteiger charge is -2.12. The van der Waals surface area contributed by atoms with Gasteiger partial charge in [0, 0.05) is 30.1 Å². The Balaban J connectivity index is 1.91. The van der Waals surface area contributed by atoms with E-state index in [1.165, 1.54) is 6.07 Å². The van der Waals surface area contributed by atoms with E-state index in [9.17, 15) is 13.6 Å². The number of fused-ring (bicyclic) bond motifs is 1. The van der Waals surface area contributed by atoms with Crippen molar-refractivity contribution in [3.63, 3.8) is 0 Å². The summed E-state index contributed by atoms with van der Waals surface area (Å²) in [6, 6.07) is 2.16. The Labute approximate surface area is 159 Å². The third kappa shape index (κ3) is 3.78. The molecule has 1 amide bonds. The summed E-state index contributed by atoms with van der Waals surface area (Å²) < 4.78 is 30.0. The molecule has 27 heavy (non-hydrogen) atoms. The van der Waals surface area contributed by atoms with Gasteiger partial charge < -0.3 is 5.32 Å². The Morgan fingerprint density at radius 2 is 2.04 bits per heavy atom. The molecule has 3 aromatic heterocycles. The van der Waals surface area contributed by atoms with Crippen molar-refractivity contribution in [3.05, 3.63) is 46.7 Å². The molecule has 10 heteroatoms. The smallest absolute Gasteiger partial charge is 0.344 e. The molecule has 0 aliphatic rings. The maximum absolute atomic E-state index is 13.7. The Morgan fingerprint density at radius 3 is 2.63 bits per heavy atom. The number of hydrogen-bond acceptors (Lipinski definition) is 4. The van der Waals surface area contributed by atoms with Crippen LogP contribution < -0.4 is 5.32 Å². The van der Waals surface area contributed by atoms with Crippen molar-refractivity contribution in [2.24, 2.45) is 0 Å². The number of carbonyl (C=O) groups is 1. The molecule has 0 aliphatic heterocycles. The van der Waals surface area contributed by atoms with E-state index in [1.54, 1.807) is 11.6 Å². The number of aromatic nitrogens is 5. The second-order valence-corrected chi connectivity index (χ2v) is 6.78. The van der Waals surface area contributed by atoms with Gasteiger partial charge in [-0.05, 0) is 45.4 Å². The fraction of sp³-hybridized carbons (Fsp3) is 0.412. The van der Waals surface area contributed by atoms with Crippen LogP contribution in [-0.2, 0) is 11.9 Å². The minimum Gasteiger partial charge on any atom is -0.344 e. The van der Waals surface area contributed by atoms with Gasteiger partial charge in [0.1, 0.15) is 5.69 Å². The zero-order valence-electron chi connectivity index (χ0n) is 15.3. The number of rotatable bonds is 5. The van der Waals surface area contributed by atoms with Crippen molar-refractivity contribution in [2.45, 2.75) is 45.7 Å². The van der Waals surface area contributed by atoms with Gasteiger partial charge >= 0.3 is 5.38 Å². The molecule has 0 spiro atoms. The van der Waals surface area contributed by atoms with Gasteiger partial charge in [0.05, 0.1) is 11.7 Å². The van der Waals surface area contributed by atoms with Crippen LogP contribution in [0.3, 0.4) is 0 Å². The van der Waals surface area contributed by atoms with Crippen LogP contribution in [-0.4, -0.2) is 30.3 Å². The second-order valence-electron chi connectivity index (χ2n) is 6.30. The fourth-order valence-electron chi connectivity index (χ4n) is 2.88. The molecule has 1 unspecified atom stereocenters. The molecule has 0 aliphatic carbocycles. The van der Waals surface area contributed by atoms with Crippen LogP contribution in [0.4, 0.5) is 8.78 Å². The first-order chi connectivity index (χ1) is 12.6. The van der Waals surface area contributed by atoms with E-state index in [1.807, 2.05) is 27.0 Å². The van der Waals surface area contributed by atoms with E-state index >= 15 is 0 Å². The Morgan fingerprint density at radius 1 is 1.33 bits per heavy atom. The van der Waals surface area contributed by atoms with Gasteiger partial charge in [-0.15, -0.1) is 0 Å². The van der Waals surface area contributed by atoms with Crippen molar-refractivity contribution in [3.8, 4) is 0 Å². The largest absolute Gasteiger partial charge is 0.364 e. The predicted octanol–water partition coefficient (Wildman–Crippen LogP) is 3.34. The predicted molar refractivity (Wildman–Crippen MR) is 96.0 cm³/mol. The Bertz CT molecular complexity index is 1010. The van der Waals surface area contributed by atoms with Crippen LogP contribution in [0.2, 0.25) is 0 Å². The number of hydrogen-bond donors (Lipinski definition) is 1. The fourth-order valence-corrected chi connectivity index (χ4v) is 3.02. The normalized spacial score (nSPS) is 13.1. The monoisotopic (exact) mass is 396 g/mol. The zero-order valence-corrected chi connectivity index (χ0v) is 16.1. The van der Waals surface area contributed by atoms with Crippen LogP contribution in [0, 0.1) is 13.8 Å². The van der Waals surface area contributed by atoms with E-state index in [0.717, 1.165) is 21.8 Å². The molecule has 0 aromatic carbocycles. The molecular formula is C17H19ClF2N6O. The maximum atomic E-state index is 13.7. The molecule has 7 nitrogen and oxygen atoms in total. The van der Waals surface area contributed by atoms with Gasteiger partial charge in [-0.2, -0.15) is 19.0 Å². The molecule has 0 bridgehead atoms. The van der Waals surface area contributed by atoms with Gasteiger partial charge in [-0.1, -0.05) is 0 Å². The highest BCUT2D eigenvalue weighted by molar-refractivity contribution is 6.21. The van der Waals surface area contributed by atoms with E-state index in [2.05, 4.69) is 20.5 Å². The number of halogens is 3. The van der Waals surface area contributed by atoms with Crippen molar-refractivity contribution in [2.75, 3.05) is 0 Å². The summed E-state index contributed by atoms with van der Waals surface area (Å²) in [5, 5.41) is 7.49. The summed E-state index contributed by atoms with van der Waals surface area (Å²) in [5.41, 5.74) is 1.58. The van der Waals surface area contributed by atoms with E-state index in [0.29, 0.717) is 12.2 Å². The van der Waals surface area contributed by atoms with Gasteiger partial charge in [0.15, 0.2) is 11.3 Å². The number of nitrogens with one attached hydrogen (secondary N) is 1. The molecular weight excluding hydrogens is 378 g/mol. The van der Waals surface area contributed by atoms with Crippen LogP contribution in [0.25, 0.3) is 5.65 Å². The van der Waals surface area contributed by atoms with Gasteiger partial charge in [-0.3, -0.25) is 9.48 Å². The zero-order chi connectivity index (χ0) is 19.9. The van der Waals surface area contributed by atoms with Crippen molar-refractivity contribution in [1.82, 2.24) is 29.7 Å². The summed E-state index contributed by atoms with van der Waals surface area (Å²) in [6.45, 7) is 7.92. The van der Waals surface area contributed by atoms with Gasteiger partial charge in [0.25, 0.3) is 5.91 Å². The molecule has 3 heterocycles. The van der Waals surface area contributed by atoms with Crippen molar-refractivity contribution >= 4 is 23.2 Å². The van der Waals surface area contributed by atoms with E-state index < -0.39 is 17.0 Å². The summed E-state index contributed by atoms with van der Waals surface area (Å²) >= 11 is 5.16. The molecule has 144 valence electrons. The topological polar surface area (TPSA) is 77.1 Å². The summed E-state index contributed by atoms with van der Waals surface area (Å²) in [5.74, 6) is -0.502. The third-order valence-electron chi connectivity index (χ3n) is 4.20. The van der Waals surface area contributed by atoms with Crippen molar-refractivity contribution in [1.29, 1.82) is 0 Å². The lowest BCUT2D eigenvalue weighted by atomic mass is 10.1. The average Bonchev–Trinajstić information content (AvgIpc) is 3.16. The summed E-state index contributed by atoms with van der Waals surface area (Å²) in [4.78, 5) is 16.7. The standard InChI is InChI=1S/C17H19ClF2N6O/c1-5-25-8-12(11(4)23-25)10(3)22-16(27)13-7-15-21-9(2)6-14(17(18,19)20)26(15)24-13/h6-8,10H,5H2,1-4H3,(H,22,27). The number of aryl methyl sites for hydroxylation is 3. The van der Waals surface area contributed by atoms with E-state index in [4.69, 9.17) is 11.6 Å². The molecule has 0 saturated heterocycles. The first-order valence-electron chi connectivity index (χ1n) is 8.39. The Hall–Kier alpha value is -2.55. The highest BCUT2D eigenvalue weighted by Gasteiger charge is 2.33. The van der Waals surface area contributed by atoms with Crippen molar-refractivity contribution < 1.29 is 13.6 Å². The van der Waals surface area contributed by atoms with Gasteiger partial charge in [-0.25, -0.2) is 9.50 Å². The van der Waals surface area contributed by atoms with Crippen LogP contribution in [0.5, 0.6) is 0 Å². The molecule has 1 atom stereocenters. The van der Waals surface area contributed by atoms with Crippen LogP contribution in [0.15, 0.2) is 18.3 Å². The molecule has 0 radical (unpaired) electrons.